The van der Waals surface area contributed by atoms with Crippen molar-refractivity contribution in [2.75, 3.05) is 33.9 Å². The zero-order valence-corrected chi connectivity index (χ0v) is 19.1. The van der Waals surface area contributed by atoms with Crippen LogP contribution in [0.3, 0.4) is 0 Å². The maximum absolute atomic E-state index is 13.6. The molecule has 1 aromatic carbocycles. The van der Waals surface area contributed by atoms with Crippen molar-refractivity contribution < 1.29 is 22.7 Å². The van der Waals surface area contributed by atoms with Crippen LogP contribution in [-0.2, 0) is 14.8 Å². The Morgan fingerprint density at radius 3 is 2.27 bits per heavy atom. The molecule has 0 radical (unpaired) electrons. The molecule has 1 saturated carbocycles. The normalized spacial score (nSPS) is 19.1. The second kappa shape index (κ2) is 10.0. The third kappa shape index (κ3) is 5.09. The minimum Gasteiger partial charge on any atom is -0.493 e. The van der Waals surface area contributed by atoms with Crippen LogP contribution in [0.1, 0.15) is 51.9 Å². The van der Waals surface area contributed by atoms with Crippen LogP contribution in [-0.4, -0.2) is 63.4 Å². The fourth-order valence-corrected chi connectivity index (χ4v) is 6.03. The Hall–Kier alpha value is -1.80. The van der Waals surface area contributed by atoms with Gasteiger partial charge in [0.2, 0.25) is 15.9 Å². The van der Waals surface area contributed by atoms with Crippen molar-refractivity contribution in [1.29, 1.82) is 0 Å². The standard InChI is InChI=1S/C22H34N2O5S/c1-17-11-13-23(14-12-17)22(25)16-24(18-7-5-4-6-8-18)30(26,27)19-9-10-20(28-2)21(15-19)29-3/h9-10,15,17-18H,4-8,11-14,16H2,1-3H3. The number of piperidine rings is 1. The van der Waals surface area contributed by atoms with Crippen molar-refractivity contribution in [3.63, 3.8) is 0 Å². The average Bonchev–Trinajstić information content (AvgIpc) is 2.77. The highest BCUT2D eigenvalue weighted by molar-refractivity contribution is 7.89. The third-order valence-corrected chi connectivity index (χ3v) is 8.27. The minimum absolute atomic E-state index is 0.100. The monoisotopic (exact) mass is 438 g/mol. The highest BCUT2D eigenvalue weighted by Gasteiger charge is 2.36. The summed E-state index contributed by atoms with van der Waals surface area (Å²) in [5.74, 6) is 1.34. The molecular formula is C22H34N2O5S. The van der Waals surface area contributed by atoms with Crippen molar-refractivity contribution in [1.82, 2.24) is 9.21 Å². The van der Waals surface area contributed by atoms with Crippen LogP contribution in [0.15, 0.2) is 23.1 Å². The molecular weight excluding hydrogens is 404 g/mol. The van der Waals surface area contributed by atoms with Crippen LogP contribution in [0.5, 0.6) is 11.5 Å². The maximum atomic E-state index is 13.6. The van der Waals surface area contributed by atoms with Crippen LogP contribution in [0, 0.1) is 5.92 Å². The highest BCUT2D eigenvalue weighted by atomic mass is 32.2. The van der Waals surface area contributed by atoms with Gasteiger partial charge in [0.25, 0.3) is 0 Å². The molecule has 1 saturated heterocycles. The van der Waals surface area contributed by atoms with Gasteiger partial charge in [0.1, 0.15) is 0 Å². The lowest BCUT2D eigenvalue weighted by Gasteiger charge is -2.36. The second-order valence-electron chi connectivity index (χ2n) is 8.42. The number of carbonyl (C=O) groups is 1. The Morgan fingerprint density at radius 2 is 1.67 bits per heavy atom. The smallest absolute Gasteiger partial charge is 0.243 e. The molecule has 0 bridgehead atoms. The summed E-state index contributed by atoms with van der Waals surface area (Å²) in [6.07, 6.45) is 6.59. The van der Waals surface area contributed by atoms with Gasteiger partial charge in [0.15, 0.2) is 11.5 Å². The van der Waals surface area contributed by atoms with Gasteiger partial charge in [-0.05, 0) is 43.7 Å². The van der Waals surface area contributed by atoms with E-state index in [9.17, 15) is 13.2 Å². The summed E-state index contributed by atoms with van der Waals surface area (Å²) >= 11 is 0. The number of methoxy groups -OCH3 is 2. The van der Waals surface area contributed by atoms with Crippen molar-refractivity contribution in [3.8, 4) is 11.5 Å². The zero-order valence-electron chi connectivity index (χ0n) is 18.3. The predicted octanol–water partition coefficient (Wildman–Crippen LogP) is 3.29. The zero-order chi connectivity index (χ0) is 21.7. The lowest BCUT2D eigenvalue weighted by molar-refractivity contribution is -0.133. The first kappa shape index (κ1) is 22.9. The number of likely N-dealkylation sites (tertiary alicyclic amines) is 1. The number of rotatable bonds is 7. The predicted molar refractivity (Wildman–Crippen MR) is 115 cm³/mol. The van der Waals surface area contributed by atoms with Gasteiger partial charge in [0.05, 0.1) is 25.7 Å². The fourth-order valence-electron chi connectivity index (χ4n) is 4.38. The number of ether oxygens (including phenoxy) is 2. The molecule has 1 aromatic rings. The summed E-state index contributed by atoms with van der Waals surface area (Å²) in [6, 6.07) is 4.46. The summed E-state index contributed by atoms with van der Waals surface area (Å²) < 4.78 is 39.2. The molecule has 1 heterocycles. The molecule has 3 rings (SSSR count). The molecule has 0 atom stereocenters. The molecule has 1 amide bonds. The Labute approximate surface area is 180 Å². The SMILES string of the molecule is COc1ccc(S(=O)(=O)N(CC(=O)N2CCC(C)CC2)C2CCCCC2)cc1OC. The highest BCUT2D eigenvalue weighted by Crippen LogP contribution is 2.33. The molecule has 0 aromatic heterocycles. The number of benzene rings is 1. The van der Waals surface area contributed by atoms with Gasteiger partial charge in [-0.2, -0.15) is 4.31 Å². The largest absolute Gasteiger partial charge is 0.493 e. The summed E-state index contributed by atoms with van der Waals surface area (Å²) in [5.41, 5.74) is 0. The number of hydrogen-bond donors (Lipinski definition) is 0. The van der Waals surface area contributed by atoms with Crippen LogP contribution in [0.2, 0.25) is 0 Å². The molecule has 0 spiro atoms. The van der Waals surface area contributed by atoms with E-state index in [4.69, 9.17) is 9.47 Å². The Morgan fingerprint density at radius 1 is 1.03 bits per heavy atom. The van der Waals surface area contributed by atoms with Gasteiger partial charge < -0.3 is 14.4 Å². The molecule has 30 heavy (non-hydrogen) atoms. The Kier molecular flexibility index (Phi) is 7.63. The first-order valence-electron chi connectivity index (χ1n) is 10.9. The van der Waals surface area contributed by atoms with Gasteiger partial charge in [-0.1, -0.05) is 26.2 Å². The van der Waals surface area contributed by atoms with Crippen molar-refractivity contribution in [2.45, 2.75) is 62.8 Å². The lowest BCUT2D eigenvalue weighted by Crippen LogP contribution is -2.49. The molecule has 1 aliphatic carbocycles. The quantitative estimate of drug-likeness (QED) is 0.653. The minimum atomic E-state index is -3.85. The summed E-state index contributed by atoms with van der Waals surface area (Å²) in [7, 11) is -0.860. The number of amides is 1. The van der Waals surface area contributed by atoms with Crippen molar-refractivity contribution in [3.05, 3.63) is 18.2 Å². The molecule has 168 valence electrons. The first-order chi connectivity index (χ1) is 14.4. The van der Waals surface area contributed by atoms with E-state index in [0.717, 1.165) is 44.9 Å². The van der Waals surface area contributed by atoms with Crippen LogP contribution in [0.25, 0.3) is 0 Å². The molecule has 8 heteroatoms. The van der Waals surface area contributed by atoms with Crippen molar-refractivity contribution in [2.24, 2.45) is 5.92 Å². The summed E-state index contributed by atoms with van der Waals surface area (Å²) in [5, 5.41) is 0. The Balaban J connectivity index is 1.88. The Bertz CT molecular complexity index is 828. The van der Waals surface area contributed by atoms with E-state index >= 15 is 0 Å². The summed E-state index contributed by atoms with van der Waals surface area (Å²) in [4.78, 5) is 15.0. The average molecular weight is 439 g/mol. The first-order valence-corrected chi connectivity index (χ1v) is 12.3. The van der Waals surface area contributed by atoms with Crippen LogP contribution in [0.4, 0.5) is 0 Å². The molecule has 0 unspecified atom stereocenters. The fraction of sp³-hybridized carbons (Fsp3) is 0.682. The number of hydrogen-bond acceptors (Lipinski definition) is 5. The van der Waals surface area contributed by atoms with E-state index in [-0.39, 0.29) is 23.4 Å². The number of sulfonamides is 1. The van der Waals surface area contributed by atoms with E-state index in [1.807, 2.05) is 4.90 Å². The van der Waals surface area contributed by atoms with E-state index < -0.39 is 10.0 Å². The van der Waals surface area contributed by atoms with Crippen LogP contribution < -0.4 is 9.47 Å². The van der Waals surface area contributed by atoms with E-state index in [1.54, 1.807) is 6.07 Å². The lowest BCUT2D eigenvalue weighted by atomic mass is 9.95. The molecule has 0 N–H and O–H groups in total. The van der Waals surface area contributed by atoms with E-state index in [0.29, 0.717) is 30.5 Å². The molecule has 2 fully saturated rings. The third-order valence-electron chi connectivity index (χ3n) is 6.37. The maximum Gasteiger partial charge on any atom is 0.243 e. The van der Waals surface area contributed by atoms with Gasteiger partial charge in [-0.15, -0.1) is 0 Å². The molecule has 2 aliphatic rings. The molecule has 7 nitrogen and oxygen atoms in total. The topological polar surface area (TPSA) is 76.2 Å². The van der Waals surface area contributed by atoms with Gasteiger partial charge >= 0.3 is 0 Å². The van der Waals surface area contributed by atoms with Crippen molar-refractivity contribution >= 4 is 15.9 Å². The second-order valence-corrected chi connectivity index (χ2v) is 10.3. The van der Waals surface area contributed by atoms with Crippen LogP contribution >= 0.6 is 0 Å². The molecule has 1 aliphatic heterocycles. The number of nitrogens with zero attached hydrogens (tertiary/aromatic N) is 2. The summed E-state index contributed by atoms with van der Waals surface area (Å²) in [6.45, 7) is 3.50. The van der Waals surface area contributed by atoms with Gasteiger partial charge in [0, 0.05) is 25.2 Å². The van der Waals surface area contributed by atoms with Gasteiger partial charge in [-0.3, -0.25) is 4.79 Å². The van der Waals surface area contributed by atoms with E-state index in [1.165, 1.54) is 30.7 Å². The van der Waals surface area contributed by atoms with Gasteiger partial charge in [-0.25, -0.2) is 8.42 Å². The van der Waals surface area contributed by atoms with E-state index in [2.05, 4.69) is 6.92 Å². The number of carbonyl (C=O) groups excluding carboxylic acids is 1.